The molecular weight excluding hydrogens is 308 g/mol. The fourth-order valence-electron chi connectivity index (χ4n) is 2.32. The predicted octanol–water partition coefficient (Wildman–Crippen LogP) is 3.42. The van der Waals surface area contributed by atoms with Crippen molar-refractivity contribution in [1.82, 2.24) is 10.1 Å². The maximum atomic E-state index is 11.3. The molecule has 0 fully saturated rings. The average Bonchev–Trinajstić information content (AvgIpc) is 3.09. The lowest BCUT2D eigenvalue weighted by atomic mass is 10.2. The van der Waals surface area contributed by atoms with Crippen LogP contribution in [0.3, 0.4) is 0 Å². The Balaban J connectivity index is 1.51. The van der Waals surface area contributed by atoms with Crippen molar-refractivity contribution in [3.63, 3.8) is 0 Å². The van der Waals surface area contributed by atoms with Crippen molar-refractivity contribution in [3.05, 3.63) is 77.1 Å². The van der Waals surface area contributed by atoms with Crippen molar-refractivity contribution in [2.45, 2.75) is 6.61 Å². The van der Waals surface area contributed by atoms with E-state index in [1.54, 1.807) is 24.5 Å². The van der Waals surface area contributed by atoms with Gasteiger partial charge in [-0.2, -0.15) is 0 Å². The summed E-state index contributed by atoms with van der Waals surface area (Å²) in [7, 11) is 0. The second kappa shape index (κ2) is 6.00. The molecule has 6 nitrogen and oxygen atoms in total. The van der Waals surface area contributed by atoms with Crippen molar-refractivity contribution in [2.75, 3.05) is 0 Å². The number of rotatable bonds is 4. The zero-order valence-electron chi connectivity index (χ0n) is 12.5. The lowest BCUT2D eigenvalue weighted by Gasteiger charge is -2.04. The number of hydrogen-bond donors (Lipinski definition) is 0. The van der Waals surface area contributed by atoms with E-state index in [2.05, 4.69) is 10.1 Å². The van der Waals surface area contributed by atoms with E-state index < -0.39 is 5.63 Å². The summed E-state index contributed by atoms with van der Waals surface area (Å²) in [6, 6.07) is 13.9. The van der Waals surface area contributed by atoms with Crippen LogP contribution in [-0.4, -0.2) is 10.1 Å². The summed E-state index contributed by atoms with van der Waals surface area (Å²) >= 11 is 0. The molecule has 3 aromatic heterocycles. The fourth-order valence-corrected chi connectivity index (χ4v) is 2.32. The van der Waals surface area contributed by atoms with Crippen molar-refractivity contribution in [3.8, 4) is 17.0 Å². The van der Waals surface area contributed by atoms with Gasteiger partial charge in [0.15, 0.2) is 5.76 Å². The Morgan fingerprint density at radius 2 is 1.83 bits per heavy atom. The molecule has 0 amide bonds. The number of hydrogen-bond acceptors (Lipinski definition) is 6. The molecule has 0 atom stereocenters. The molecule has 0 unspecified atom stereocenters. The van der Waals surface area contributed by atoms with Gasteiger partial charge in [0.05, 0.1) is 0 Å². The summed E-state index contributed by atoms with van der Waals surface area (Å²) < 4.78 is 16.1. The van der Waals surface area contributed by atoms with Gasteiger partial charge >= 0.3 is 5.63 Å². The van der Waals surface area contributed by atoms with Gasteiger partial charge in [-0.15, -0.1) is 0 Å². The number of aromatic nitrogens is 2. The number of fused-ring (bicyclic) bond motifs is 1. The number of ether oxygens (including phenoxy) is 1. The lowest BCUT2D eigenvalue weighted by molar-refractivity contribution is 0.249. The van der Waals surface area contributed by atoms with Crippen LogP contribution in [0.2, 0.25) is 0 Å². The van der Waals surface area contributed by atoms with Crippen LogP contribution < -0.4 is 10.4 Å². The Labute approximate surface area is 136 Å². The van der Waals surface area contributed by atoms with E-state index in [1.807, 2.05) is 30.3 Å². The minimum atomic E-state index is -0.392. The maximum absolute atomic E-state index is 11.3. The Hall–Kier alpha value is -3.41. The first kappa shape index (κ1) is 14.2. The van der Waals surface area contributed by atoms with Crippen LogP contribution in [-0.2, 0) is 6.61 Å². The van der Waals surface area contributed by atoms with Crippen molar-refractivity contribution < 1.29 is 13.7 Å². The van der Waals surface area contributed by atoms with Crippen LogP contribution in [0.1, 0.15) is 5.76 Å². The second-order valence-electron chi connectivity index (χ2n) is 5.16. The van der Waals surface area contributed by atoms with Crippen LogP contribution in [0.15, 0.2) is 74.7 Å². The first-order chi connectivity index (χ1) is 11.8. The molecule has 0 aliphatic heterocycles. The molecule has 0 radical (unpaired) electrons. The highest BCUT2D eigenvalue weighted by atomic mass is 16.5. The summed E-state index contributed by atoms with van der Waals surface area (Å²) in [5.74, 6) is 1.18. The predicted molar refractivity (Wildman–Crippen MR) is 86.6 cm³/mol. The maximum Gasteiger partial charge on any atom is 0.336 e. The van der Waals surface area contributed by atoms with E-state index in [1.165, 1.54) is 6.07 Å². The molecule has 6 heteroatoms. The normalized spacial score (nSPS) is 10.8. The van der Waals surface area contributed by atoms with Crippen LogP contribution >= 0.6 is 0 Å². The van der Waals surface area contributed by atoms with Gasteiger partial charge in [0.1, 0.15) is 23.6 Å². The number of nitrogens with zero attached hydrogens (tertiary/aromatic N) is 2. The minimum absolute atomic E-state index is 0.223. The molecule has 0 saturated heterocycles. The Morgan fingerprint density at radius 1 is 1.00 bits per heavy atom. The van der Waals surface area contributed by atoms with Crippen molar-refractivity contribution >= 4 is 11.0 Å². The van der Waals surface area contributed by atoms with Gasteiger partial charge in [0.2, 0.25) is 0 Å². The first-order valence-corrected chi connectivity index (χ1v) is 7.31. The summed E-state index contributed by atoms with van der Waals surface area (Å²) in [5.41, 5.74) is 1.74. The molecule has 0 aliphatic carbocycles. The molecule has 3 heterocycles. The van der Waals surface area contributed by atoms with Gasteiger partial charge in [-0.25, -0.2) is 4.79 Å². The quantitative estimate of drug-likeness (QED) is 0.536. The van der Waals surface area contributed by atoms with E-state index in [-0.39, 0.29) is 6.61 Å². The largest absolute Gasteiger partial charge is 0.485 e. The van der Waals surface area contributed by atoms with E-state index in [9.17, 15) is 4.79 Å². The van der Waals surface area contributed by atoms with Crippen molar-refractivity contribution in [2.24, 2.45) is 0 Å². The summed E-state index contributed by atoms with van der Waals surface area (Å²) in [6.45, 7) is 0.223. The highest BCUT2D eigenvalue weighted by molar-refractivity contribution is 5.77. The number of pyridine rings is 1. The molecule has 1 aromatic carbocycles. The SMILES string of the molecule is O=c1ccc2ccc(OCc3cc(-c4ccncc4)no3)cc2o1. The Morgan fingerprint density at radius 3 is 2.71 bits per heavy atom. The smallest absolute Gasteiger partial charge is 0.336 e. The van der Waals surface area contributed by atoms with E-state index >= 15 is 0 Å². The summed E-state index contributed by atoms with van der Waals surface area (Å²) in [5, 5.41) is 4.85. The highest BCUT2D eigenvalue weighted by Gasteiger charge is 2.08. The summed E-state index contributed by atoms with van der Waals surface area (Å²) in [6.07, 6.45) is 3.39. The third-order valence-electron chi connectivity index (χ3n) is 3.51. The molecule has 118 valence electrons. The van der Waals surface area contributed by atoms with Gasteiger partial charge < -0.3 is 13.7 Å². The van der Waals surface area contributed by atoms with Gasteiger partial charge in [-0.1, -0.05) is 5.16 Å². The molecule has 4 rings (SSSR count). The van der Waals surface area contributed by atoms with Gasteiger partial charge in [0.25, 0.3) is 0 Å². The Bertz CT molecular complexity index is 1040. The molecule has 4 aromatic rings. The van der Waals surface area contributed by atoms with Gasteiger partial charge in [-0.05, 0) is 30.3 Å². The van der Waals surface area contributed by atoms with E-state index in [0.717, 1.165) is 16.6 Å². The highest BCUT2D eigenvalue weighted by Crippen LogP contribution is 2.22. The third-order valence-corrected chi connectivity index (χ3v) is 3.51. The third kappa shape index (κ3) is 2.89. The van der Waals surface area contributed by atoms with Crippen LogP contribution in [0, 0.1) is 0 Å². The molecular formula is C18H12N2O4. The van der Waals surface area contributed by atoms with E-state index in [4.69, 9.17) is 13.7 Å². The average molecular weight is 320 g/mol. The van der Waals surface area contributed by atoms with Crippen molar-refractivity contribution in [1.29, 1.82) is 0 Å². The topological polar surface area (TPSA) is 78.4 Å². The molecule has 24 heavy (non-hydrogen) atoms. The number of benzene rings is 1. The summed E-state index contributed by atoms with van der Waals surface area (Å²) in [4.78, 5) is 15.2. The first-order valence-electron chi connectivity index (χ1n) is 7.31. The van der Waals surface area contributed by atoms with E-state index in [0.29, 0.717) is 17.1 Å². The molecule has 0 aliphatic rings. The molecule has 0 N–H and O–H groups in total. The minimum Gasteiger partial charge on any atom is -0.485 e. The van der Waals surface area contributed by atoms with Crippen LogP contribution in [0.25, 0.3) is 22.2 Å². The second-order valence-corrected chi connectivity index (χ2v) is 5.16. The zero-order chi connectivity index (χ0) is 16.4. The zero-order valence-corrected chi connectivity index (χ0v) is 12.5. The van der Waals surface area contributed by atoms with Gasteiger partial charge in [0, 0.05) is 41.5 Å². The fraction of sp³-hybridized carbons (Fsp3) is 0.0556. The van der Waals surface area contributed by atoms with Crippen LogP contribution in [0.5, 0.6) is 5.75 Å². The molecule has 0 bridgehead atoms. The molecule has 0 saturated carbocycles. The van der Waals surface area contributed by atoms with Gasteiger partial charge in [-0.3, -0.25) is 4.98 Å². The molecule has 0 spiro atoms. The monoisotopic (exact) mass is 320 g/mol. The Kier molecular flexibility index (Phi) is 3.55. The van der Waals surface area contributed by atoms with Crippen LogP contribution in [0.4, 0.5) is 0 Å². The lowest BCUT2D eigenvalue weighted by Crippen LogP contribution is -1.96. The standard InChI is InChI=1S/C18H12N2O4/c21-18-4-2-13-1-3-14(10-17(13)23-18)22-11-15-9-16(20-24-15)12-5-7-19-8-6-12/h1-10H,11H2.